The van der Waals surface area contributed by atoms with Crippen LogP contribution < -0.4 is 0 Å². The molecule has 1 amide bonds. The maximum atomic E-state index is 11.9. The molecule has 92 valence electrons. The molecule has 0 radical (unpaired) electrons. The molecule has 17 heavy (non-hydrogen) atoms. The van der Waals surface area contributed by atoms with Gasteiger partial charge >= 0.3 is 0 Å². The largest absolute Gasteiger partial charge is 0.341 e. The van der Waals surface area contributed by atoms with E-state index in [4.69, 9.17) is 0 Å². The van der Waals surface area contributed by atoms with Crippen molar-refractivity contribution in [2.45, 2.75) is 18.0 Å². The third-order valence-electron chi connectivity index (χ3n) is 2.78. The molecule has 1 aliphatic heterocycles. The molecule has 0 aromatic carbocycles. The molecule has 1 fully saturated rings. The lowest BCUT2D eigenvalue weighted by molar-refractivity contribution is -0.132. The summed E-state index contributed by atoms with van der Waals surface area (Å²) in [5.41, 5.74) is 0. The second-order valence-corrected chi connectivity index (χ2v) is 4.97. The number of hydrogen-bond donors (Lipinski definition) is 0. The summed E-state index contributed by atoms with van der Waals surface area (Å²) in [4.78, 5) is 28.8. The standard InChI is InChI=1S/C11H15N3O2S/c1-13-7-4-12-11(13)17-8-10(16)14-5-2-9(15)3-6-14/h4,7H,2-3,5-6,8H2,1H3. The average molecular weight is 253 g/mol. The molecule has 0 aliphatic carbocycles. The molecule has 0 bridgehead atoms. The van der Waals surface area contributed by atoms with Crippen LogP contribution in [0.15, 0.2) is 17.6 Å². The average Bonchev–Trinajstić information content (AvgIpc) is 2.73. The number of thioether (sulfide) groups is 1. The van der Waals surface area contributed by atoms with Crippen LogP contribution in [0.25, 0.3) is 0 Å². The third kappa shape index (κ3) is 3.09. The van der Waals surface area contributed by atoms with Crippen LogP contribution in [0.4, 0.5) is 0 Å². The number of aromatic nitrogens is 2. The Kier molecular flexibility index (Phi) is 3.83. The molecule has 5 nitrogen and oxygen atoms in total. The molecule has 0 atom stereocenters. The van der Waals surface area contributed by atoms with Gasteiger partial charge < -0.3 is 9.47 Å². The van der Waals surface area contributed by atoms with E-state index in [9.17, 15) is 9.59 Å². The van der Waals surface area contributed by atoms with Crippen LogP contribution in [0.2, 0.25) is 0 Å². The van der Waals surface area contributed by atoms with E-state index in [0.717, 1.165) is 5.16 Å². The molecule has 0 spiro atoms. The van der Waals surface area contributed by atoms with Crippen LogP contribution in [0.3, 0.4) is 0 Å². The molecule has 0 saturated carbocycles. The van der Waals surface area contributed by atoms with Crippen molar-refractivity contribution in [3.05, 3.63) is 12.4 Å². The minimum atomic E-state index is 0.0884. The Morgan fingerprint density at radius 1 is 1.47 bits per heavy atom. The zero-order valence-corrected chi connectivity index (χ0v) is 10.6. The lowest BCUT2D eigenvalue weighted by Gasteiger charge is -2.25. The van der Waals surface area contributed by atoms with Gasteiger partial charge in [-0.1, -0.05) is 11.8 Å². The fraction of sp³-hybridized carbons (Fsp3) is 0.545. The van der Waals surface area contributed by atoms with Gasteiger partial charge in [0, 0.05) is 45.4 Å². The Hall–Kier alpha value is -1.30. The first-order chi connectivity index (χ1) is 8.16. The number of nitrogens with zero attached hydrogens (tertiary/aromatic N) is 3. The van der Waals surface area contributed by atoms with Crippen LogP contribution in [-0.2, 0) is 16.6 Å². The molecule has 1 aromatic heterocycles. The first-order valence-electron chi connectivity index (χ1n) is 5.56. The number of carbonyl (C=O) groups excluding carboxylic acids is 2. The van der Waals surface area contributed by atoms with Gasteiger partial charge in [0.2, 0.25) is 5.91 Å². The molecule has 1 saturated heterocycles. The second-order valence-electron chi connectivity index (χ2n) is 4.03. The van der Waals surface area contributed by atoms with Gasteiger partial charge in [0.1, 0.15) is 5.78 Å². The van der Waals surface area contributed by atoms with Gasteiger partial charge in [0.05, 0.1) is 5.75 Å². The predicted molar refractivity (Wildman–Crippen MR) is 64.8 cm³/mol. The number of ketones is 1. The fourth-order valence-electron chi connectivity index (χ4n) is 1.71. The van der Waals surface area contributed by atoms with Crippen molar-refractivity contribution in [2.75, 3.05) is 18.8 Å². The summed E-state index contributed by atoms with van der Waals surface area (Å²) in [6.07, 6.45) is 4.57. The van der Waals surface area contributed by atoms with Gasteiger partial charge in [-0.25, -0.2) is 4.98 Å². The van der Waals surface area contributed by atoms with Gasteiger partial charge in [-0.3, -0.25) is 9.59 Å². The summed E-state index contributed by atoms with van der Waals surface area (Å²) in [5, 5.41) is 0.839. The second kappa shape index (κ2) is 5.35. The zero-order valence-electron chi connectivity index (χ0n) is 9.76. The van der Waals surface area contributed by atoms with Crippen LogP contribution in [-0.4, -0.2) is 45.0 Å². The molecule has 0 unspecified atom stereocenters. The van der Waals surface area contributed by atoms with Gasteiger partial charge in [-0.15, -0.1) is 0 Å². The van der Waals surface area contributed by atoms with Crippen molar-refractivity contribution in [2.24, 2.45) is 7.05 Å². The Labute approximate surface area is 104 Å². The zero-order chi connectivity index (χ0) is 12.3. The smallest absolute Gasteiger partial charge is 0.233 e. The Balaban J connectivity index is 1.81. The summed E-state index contributed by atoms with van der Waals surface area (Å²) in [5.74, 6) is 0.732. The lowest BCUT2D eigenvalue weighted by atomic mass is 10.1. The molecule has 2 heterocycles. The van der Waals surface area contributed by atoms with E-state index in [0.29, 0.717) is 31.7 Å². The van der Waals surface area contributed by atoms with Crippen molar-refractivity contribution in [3.63, 3.8) is 0 Å². The molecular formula is C11H15N3O2S. The van der Waals surface area contributed by atoms with E-state index in [1.54, 1.807) is 11.1 Å². The van der Waals surface area contributed by atoms with E-state index in [1.165, 1.54) is 11.8 Å². The van der Waals surface area contributed by atoms with Crippen LogP contribution >= 0.6 is 11.8 Å². The normalized spacial score (nSPS) is 16.3. The van der Waals surface area contributed by atoms with E-state index in [2.05, 4.69) is 4.98 Å². The summed E-state index contributed by atoms with van der Waals surface area (Å²) in [7, 11) is 1.90. The molecule has 1 aromatic rings. The summed E-state index contributed by atoms with van der Waals surface area (Å²) in [6.45, 7) is 1.14. The molecule has 1 aliphatic rings. The number of likely N-dealkylation sites (tertiary alicyclic amines) is 1. The number of rotatable bonds is 3. The Morgan fingerprint density at radius 3 is 2.76 bits per heavy atom. The van der Waals surface area contributed by atoms with Crippen molar-refractivity contribution >= 4 is 23.5 Å². The maximum absolute atomic E-state index is 11.9. The van der Waals surface area contributed by atoms with E-state index >= 15 is 0 Å². The Bertz CT molecular complexity index is 420. The first-order valence-corrected chi connectivity index (χ1v) is 6.55. The number of piperidine rings is 1. The van der Waals surface area contributed by atoms with Crippen molar-refractivity contribution < 1.29 is 9.59 Å². The van der Waals surface area contributed by atoms with Crippen molar-refractivity contribution in [1.29, 1.82) is 0 Å². The number of hydrogen-bond acceptors (Lipinski definition) is 4. The molecular weight excluding hydrogens is 238 g/mol. The van der Waals surface area contributed by atoms with E-state index in [-0.39, 0.29) is 11.7 Å². The minimum absolute atomic E-state index is 0.0884. The highest BCUT2D eigenvalue weighted by Crippen LogP contribution is 2.16. The Morgan fingerprint density at radius 2 is 2.18 bits per heavy atom. The van der Waals surface area contributed by atoms with Gasteiger partial charge in [0.15, 0.2) is 5.16 Å². The number of Topliss-reactive ketones (excluding diaryl/α,β-unsaturated/α-hetero) is 1. The van der Waals surface area contributed by atoms with Crippen LogP contribution in [0.5, 0.6) is 0 Å². The van der Waals surface area contributed by atoms with Crippen molar-refractivity contribution in [1.82, 2.24) is 14.5 Å². The number of aryl methyl sites for hydroxylation is 1. The predicted octanol–water partition coefficient (Wildman–Crippen LogP) is 0.704. The van der Waals surface area contributed by atoms with Gasteiger partial charge in [0.25, 0.3) is 0 Å². The molecule has 6 heteroatoms. The topological polar surface area (TPSA) is 55.2 Å². The van der Waals surface area contributed by atoms with E-state index in [1.807, 2.05) is 17.8 Å². The third-order valence-corrected chi connectivity index (χ3v) is 3.82. The lowest BCUT2D eigenvalue weighted by Crippen LogP contribution is -2.39. The summed E-state index contributed by atoms with van der Waals surface area (Å²) in [6, 6.07) is 0. The van der Waals surface area contributed by atoms with Crippen LogP contribution in [0.1, 0.15) is 12.8 Å². The van der Waals surface area contributed by atoms with Gasteiger partial charge in [-0.05, 0) is 0 Å². The highest BCUT2D eigenvalue weighted by molar-refractivity contribution is 7.99. The first kappa shape index (κ1) is 12.2. The van der Waals surface area contributed by atoms with Gasteiger partial charge in [-0.2, -0.15) is 0 Å². The van der Waals surface area contributed by atoms with Crippen LogP contribution in [0, 0.1) is 0 Å². The number of carbonyl (C=O) groups is 2. The SMILES string of the molecule is Cn1ccnc1SCC(=O)N1CCC(=O)CC1. The maximum Gasteiger partial charge on any atom is 0.233 e. The monoisotopic (exact) mass is 253 g/mol. The van der Waals surface area contributed by atoms with Crippen molar-refractivity contribution in [3.8, 4) is 0 Å². The number of imidazole rings is 1. The highest BCUT2D eigenvalue weighted by Gasteiger charge is 2.20. The minimum Gasteiger partial charge on any atom is -0.341 e. The number of amides is 1. The highest BCUT2D eigenvalue weighted by atomic mass is 32.2. The summed E-state index contributed by atoms with van der Waals surface area (Å²) >= 11 is 1.43. The molecule has 2 rings (SSSR count). The van der Waals surface area contributed by atoms with E-state index < -0.39 is 0 Å². The fourth-order valence-corrected chi connectivity index (χ4v) is 2.55. The quantitative estimate of drug-likeness (QED) is 0.744. The summed E-state index contributed by atoms with van der Waals surface area (Å²) < 4.78 is 1.89. The molecule has 0 N–H and O–H groups in total.